The molecule has 0 aliphatic heterocycles. The second-order valence-electron chi connectivity index (χ2n) is 13.4. The smallest absolute Gasteiger partial charge is 0.309 e. The van der Waals surface area contributed by atoms with Gasteiger partial charge in [-0.1, -0.05) is 67.5 Å². The Kier molecular flexibility index (Phi) is 11.4. The Labute approximate surface area is 251 Å². The van der Waals surface area contributed by atoms with Crippen LogP contribution in [0.3, 0.4) is 0 Å². The monoisotopic (exact) mass is 586 g/mol. The number of carbonyl (C=O) groups excluding carboxylic acids is 2. The number of rotatable bonds is 10. The highest BCUT2D eigenvalue weighted by molar-refractivity contribution is 7.99. The standard InChI is InChI=1S/C34H50O6S/c1-19-13-27(33(7,8)9)29(35)23(5)25(19)15-39-31(37)21(3)17-41-18-22(4)32(38)40-16-26-20(2)14-28(34(10,11)12)30(36)24(26)6/h13-14,21-22,35-36H,15-18H2,1-12H3. The average molecular weight is 587 g/mol. The highest BCUT2D eigenvalue weighted by atomic mass is 32.2. The lowest BCUT2D eigenvalue weighted by molar-refractivity contribution is -0.149. The molecule has 0 heterocycles. The van der Waals surface area contributed by atoms with Gasteiger partial charge in [0.05, 0.1) is 11.8 Å². The van der Waals surface area contributed by atoms with E-state index in [0.717, 1.165) is 44.5 Å². The Hall–Kier alpha value is -2.67. The summed E-state index contributed by atoms with van der Waals surface area (Å²) in [5, 5.41) is 21.4. The summed E-state index contributed by atoms with van der Waals surface area (Å²) in [5.41, 5.74) is 6.47. The van der Waals surface area contributed by atoms with Gasteiger partial charge in [0.1, 0.15) is 24.7 Å². The summed E-state index contributed by atoms with van der Waals surface area (Å²) in [6.07, 6.45) is 0. The van der Waals surface area contributed by atoms with E-state index in [1.807, 2.05) is 53.7 Å². The number of carbonyl (C=O) groups is 2. The van der Waals surface area contributed by atoms with Gasteiger partial charge in [-0.3, -0.25) is 9.59 Å². The molecule has 0 aliphatic carbocycles. The third kappa shape index (κ3) is 8.67. The summed E-state index contributed by atoms with van der Waals surface area (Å²) in [5.74, 6) is 0.226. The maximum atomic E-state index is 12.7. The van der Waals surface area contributed by atoms with Crippen molar-refractivity contribution >= 4 is 23.7 Å². The van der Waals surface area contributed by atoms with Gasteiger partial charge >= 0.3 is 11.9 Å². The lowest BCUT2D eigenvalue weighted by Crippen LogP contribution is -2.21. The third-order valence-electron chi connectivity index (χ3n) is 7.67. The van der Waals surface area contributed by atoms with E-state index in [4.69, 9.17) is 9.47 Å². The predicted octanol–water partition coefficient (Wildman–Crippen LogP) is 7.72. The molecule has 7 heteroatoms. The van der Waals surface area contributed by atoms with Gasteiger partial charge in [-0.25, -0.2) is 0 Å². The van der Waals surface area contributed by atoms with Crippen molar-refractivity contribution in [3.8, 4) is 11.5 Å². The van der Waals surface area contributed by atoms with E-state index in [1.165, 1.54) is 11.8 Å². The van der Waals surface area contributed by atoms with E-state index in [0.29, 0.717) is 11.5 Å². The number of aryl methyl sites for hydroxylation is 2. The molecule has 0 saturated carbocycles. The second kappa shape index (κ2) is 13.5. The van der Waals surface area contributed by atoms with Crippen LogP contribution >= 0.6 is 11.8 Å². The van der Waals surface area contributed by atoms with Crippen LogP contribution in [0.1, 0.15) is 99.9 Å². The van der Waals surface area contributed by atoms with Crippen molar-refractivity contribution in [1.29, 1.82) is 0 Å². The number of ether oxygens (including phenoxy) is 2. The van der Waals surface area contributed by atoms with Gasteiger partial charge in [0.2, 0.25) is 0 Å². The Morgan fingerprint density at radius 1 is 0.707 bits per heavy atom. The van der Waals surface area contributed by atoms with Crippen LogP contribution in [0.25, 0.3) is 0 Å². The summed E-state index contributed by atoms with van der Waals surface area (Å²) in [6.45, 7) is 23.8. The summed E-state index contributed by atoms with van der Waals surface area (Å²) in [7, 11) is 0. The molecule has 0 aromatic heterocycles. The van der Waals surface area contributed by atoms with E-state index < -0.39 is 0 Å². The fourth-order valence-electron chi connectivity index (χ4n) is 4.74. The minimum atomic E-state index is -0.346. The van der Waals surface area contributed by atoms with Gasteiger partial charge in [0.25, 0.3) is 0 Å². The minimum absolute atomic E-state index is 0.108. The lowest BCUT2D eigenvalue weighted by atomic mass is 9.83. The molecule has 2 unspecified atom stereocenters. The molecule has 2 atom stereocenters. The predicted molar refractivity (Wildman–Crippen MR) is 168 cm³/mol. The van der Waals surface area contributed by atoms with Crippen molar-refractivity contribution in [3.63, 3.8) is 0 Å². The lowest BCUT2D eigenvalue weighted by Gasteiger charge is -2.24. The zero-order valence-electron chi connectivity index (χ0n) is 27.1. The Morgan fingerprint density at radius 3 is 1.32 bits per heavy atom. The van der Waals surface area contributed by atoms with Crippen molar-refractivity contribution in [2.45, 2.75) is 107 Å². The number of benzene rings is 2. The summed E-state index contributed by atoms with van der Waals surface area (Å²) in [4.78, 5) is 25.4. The van der Waals surface area contributed by atoms with E-state index >= 15 is 0 Å². The molecule has 0 fully saturated rings. The van der Waals surface area contributed by atoms with Gasteiger partial charge < -0.3 is 19.7 Å². The number of esters is 2. The SMILES string of the molecule is Cc1cc(C(C)(C)C)c(O)c(C)c1COC(=O)C(C)CSCC(C)C(=O)OCc1c(C)cc(C(C)(C)C)c(O)c1C. The van der Waals surface area contributed by atoms with Gasteiger partial charge in [-0.2, -0.15) is 11.8 Å². The number of thioether (sulfide) groups is 1. The van der Waals surface area contributed by atoms with Crippen molar-refractivity contribution in [1.82, 2.24) is 0 Å². The van der Waals surface area contributed by atoms with Crippen LogP contribution in [0.15, 0.2) is 12.1 Å². The largest absolute Gasteiger partial charge is 0.507 e. The molecule has 0 spiro atoms. The highest BCUT2D eigenvalue weighted by Crippen LogP contribution is 2.38. The molecule has 0 saturated heterocycles. The first kappa shape index (κ1) is 34.5. The van der Waals surface area contributed by atoms with Crippen molar-refractivity contribution in [2.75, 3.05) is 11.5 Å². The maximum absolute atomic E-state index is 12.7. The molecular formula is C34H50O6S. The molecule has 228 valence electrons. The van der Waals surface area contributed by atoms with Crippen molar-refractivity contribution in [2.24, 2.45) is 11.8 Å². The molecule has 0 amide bonds. The summed E-state index contributed by atoms with van der Waals surface area (Å²) in [6, 6.07) is 3.94. The number of phenols is 2. The van der Waals surface area contributed by atoms with Crippen LogP contribution in [0.5, 0.6) is 11.5 Å². The molecular weight excluding hydrogens is 536 g/mol. The Balaban J connectivity index is 1.88. The Bertz CT molecular complexity index is 1170. The molecule has 6 nitrogen and oxygen atoms in total. The molecule has 2 N–H and O–H groups in total. The number of hydrogen-bond donors (Lipinski definition) is 2. The van der Waals surface area contributed by atoms with Crippen LogP contribution in [-0.2, 0) is 43.1 Å². The first-order valence-corrected chi connectivity index (χ1v) is 15.5. The molecule has 0 aliphatic rings. The first-order valence-electron chi connectivity index (χ1n) is 14.3. The summed E-state index contributed by atoms with van der Waals surface area (Å²) < 4.78 is 11.2. The molecule has 0 bridgehead atoms. The minimum Gasteiger partial charge on any atom is -0.507 e. The van der Waals surface area contributed by atoms with Gasteiger partial charge in [0.15, 0.2) is 0 Å². The van der Waals surface area contributed by atoms with Crippen LogP contribution < -0.4 is 0 Å². The van der Waals surface area contributed by atoms with E-state index in [2.05, 4.69) is 41.5 Å². The normalized spacial score (nSPS) is 13.6. The van der Waals surface area contributed by atoms with Crippen molar-refractivity contribution in [3.05, 3.63) is 56.6 Å². The van der Waals surface area contributed by atoms with Gasteiger partial charge in [-0.15, -0.1) is 0 Å². The van der Waals surface area contributed by atoms with Crippen molar-refractivity contribution < 1.29 is 29.3 Å². The topological polar surface area (TPSA) is 93.1 Å². The third-order valence-corrected chi connectivity index (χ3v) is 9.15. The van der Waals surface area contributed by atoms with E-state index in [1.54, 1.807) is 0 Å². The second-order valence-corrected chi connectivity index (χ2v) is 14.5. The molecule has 0 radical (unpaired) electrons. The van der Waals surface area contributed by atoms with Gasteiger partial charge in [-0.05, 0) is 83.0 Å². The van der Waals surface area contributed by atoms with E-state index in [9.17, 15) is 19.8 Å². The fourth-order valence-corrected chi connectivity index (χ4v) is 5.86. The first-order chi connectivity index (χ1) is 18.8. The molecule has 41 heavy (non-hydrogen) atoms. The highest BCUT2D eigenvalue weighted by Gasteiger charge is 2.25. The van der Waals surface area contributed by atoms with E-state index in [-0.39, 0.29) is 59.3 Å². The number of hydrogen-bond acceptors (Lipinski definition) is 7. The van der Waals surface area contributed by atoms with Crippen LogP contribution in [0, 0.1) is 39.5 Å². The molecule has 2 aromatic rings. The quantitative estimate of drug-likeness (QED) is 0.275. The van der Waals surface area contributed by atoms with Crippen LogP contribution in [-0.4, -0.2) is 33.7 Å². The Morgan fingerprint density at radius 2 is 1.02 bits per heavy atom. The van der Waals surface area contributed by atoms with Gasteiger partial charge in [0, 0.05) is 11.5 Å². The van der Waals surface area contributed by atoms with Crippen LogP contribution in [0.4, 0.5) is 0 Å². The maximum Gasteiger partial charge on any atom is 0.309 e. The number of phenolic OH excluding ortho intramolecular Hbond substituents is 2. The molecule has 2 aromatic carbocycles. The zero-order valence-corrected chi connectivity index (χ0v) is 27.9. The fraction of sp³-hybridized carbons (Fsp3) is 0.588. The molecule has 2 rings (SSSR count). The number of aromatic hydroxyl groups is 2. The van der Waals surface area contributed by atoms with Crippen LogP contribution in [0.2, 0.25) is 0 Å². The summed E-state index contributed by atoms with van der Waals surface area (Å²) >= 11 is 1.51. The zero-order chi connectivity index (χ0) is 31.4. The average Bonchev–Trinajstić information content (AvgIpc) is 2.86.